The van der Waals surface area contributed by atoms with E-state index in [1.165, 1.54) is 18.3 Å². The maximum Gasteiger partial charge on any atom is 0.416 e. The smallest absolute Gasteiger partial charge is 0.321 e. The Bertz CT molecular complexity index is 774. The number of aromatic nitrogens is 1. The number of carbonyl (C=O) groups excluding carboxylic acids is 1. The van der Waals surface area contributed by atoms with Gasteiger partial charge in [0.1, 0.15) is 0 Å². The van der Waals surface area contributed by atoms with Crippen molar-refractivity contribution in [3.05, 3.63) is 58.9 Å². The van der Waals surface area contributed by atoms with Gasteiger partial charge < -0.3 is 10.2 Å². The number of hydrogen-bond acceptors (Lipinski definition) is 3. The number of pyridine rings is 1. The summed E-state index contributed by atoms with van der Waals surface area (Å²) in [7, 11) is 2.00. The summed E-state index contributed by atoms with van der Waals surface area (Å²) < 4.78 is 38.2. The van der Waals surface area contributed by atoms with Crippen molar-refractivity contribution in [3.63, 3.8) is 0 Å². The van der Waals surface area contributed by atoms with Crippen molar-refractivity contribution in [1.29, 1.82) is 0 Å². The molecule has 0 saturated carbocycles. The summed E-state index contributed by atoms with van der Waals surface area (Å²) in [6.07, 6.45) is -2.10. The second-order valence-corrected chi connectivity index (χ2v) is 5.85. The zero-order valence-corrected chi connectivity index (χ0v) is 13.0. The van der Waals surface area contributed by atoms with E-state index in [1.807, 2.05) is 13.1 Å². The highest BCUT2D eigenvalue weighted by atomic mass is 19.4. The van der Waals surface area contributed by atoms with Crippen molar-refractivity contribution < 1.29 is 18.0 Å². The van der Waals surface area contributed by atoms with Crippen LogP contribution in [-0.2, 0) is 19.1 Å². The number of alkyl halides is 3. The Hall–Kier alpha value is -2.41. The van der Waals surface area contributed by atoms with E-state index in [0.29, 0.717) is 5.69 Å². The Balaban J connectivity index is 1.79. The number of hydrogen-bond donors (Lipinski definition) is 1. The van der Waals surface area contributed by atoms with Crippen LogP contribution in [0.5, 0.6) is 0 Å². The lowest BCUT2D eigenvalue weighted by molar-refractivity contribution is -0.137. The zero-order chi connectivity index (χ0) is 17.3. The molecule has 24 heavy (non-hydrogen) atoms. The highest BCUT2D eigenvalue weighted by Gasteiger charge is 2.30. The van der Waals surface area contributed by atoms with Gasteiger partial charge in [-0.3, -0.25) is 9.78 Å². The fourth-order valence-electron chi connectivity index (χ4n) is 2.68. The lowest BCUT2D eigenvalue weighted by Crippen LogP contribution is -2.27. The number of fused-ring (bicyclic) bond motifs is 1. The van der Waals surface area contributed by atoms with Gasteiger partial charge in [0, 0.05) is 30.8 Å². The molecule has 1 N–H and O–H groups in total. The number of carbonyl (C=O) groups is 1. The fourth-order valence-corrected chi connectivity index (χ4v) is 2.68. The highest BCUT2D eigenvalue weighted by Crippen LogP contribution is 2.29. The average molecular weight is 335 g/mol. The quantitative estimate of drug-likeness (QED) is 0.915. The molecule has 0 aliphatic carbocycles. The van der Waals surface area contributed by atoms with E-state index in [0.717, 1.165) is 42.9 Å². The summed E-state index contributed by atoms with van der Waals surface area (Å²) in [5.74, 6) is -0.591. The van der Waals surface area contributed by atoms with Gasteiger partial charge in [0.15, 0.2) is 0 Å². The summed E-state index contributed by atoms with van der Waals surface area (Å²) >= 11 is 0. The lowest BCUT2D eigenvalue weighted by Gasteiger charge is -2.24. The molecule has 0 saturated heterocycles. The minimum absolute atomic E-state index is 0.0420. The van der Waals surface area contributed by atoms with Crippen LogP contribution >= 0.6 is 0 Å². The second-order valence-electron chi connectivity index (χ2n) is 5.85. The Morgan fingerprint density at radius 3 is 2.83 bits per heavy atom. The molecule has 0 bridgehead atoms. The van der Waals surface area contributed by atoms with E-state index in [-0.39, 0.29) is 5.56 Å². The molecular formula is C17H16F3N3O. The van der Waals surface area contributed by atoms with Gasteiger partial charge in [-0.15, -0.1) is 0 Å². The van der Waals surface area contributed by atoms with Crippen molar-refractivity contribution in [2.45, 2.75) is 19.1 Å². The van der Waals surface area contributed by atoms with E-state index >= 15 is 0 Å². The molecule has 0 radical (unpaired) electrons. The highest BCUT2D eigenvalue weighted by molar-refractivity contribution is 6.04. The summed E-state index contributed by atoms with van der Waals surface area (Å²) in [4.78, 5) is 18.7. The van der Waals surface area contributed by atoms with Gasteiger partial charge in [0.05, 0.1) is 17.4 Å². The molecule has 1 aromatic heterocycles. The molecule has 1 amide bonds. The first-order valence-corrected chi connectivity index (χ1v) is 7.48. The summed E-state index contributed by atoms with van der Waals surface area (Å²) in [5, 5.41) is 2.61. The standard InChI is InChI=1S/C17H16F3N3O/c1-23-6-5-15-12(10-23)8-14(9-21-15)22-16(24)11-3-2-4-13(7-11)17(18,19)20/h2-4,7-9H,5-6,10H2,1H3,(H,22,24). The molecule has 4 nitrogen and oxygen atoms in total. The van der Waals surface area contributed by atoms with Crippen LogP contribution < -0.4 is 5.32 Å². The number of benzene rings is 1. The minimum Gasteiger partial charge on any atom is -0.321 e. The molecule has 0 fully saturated rings. The van der Waals surface area contributed by atoms with Gasteiger partial charge in [-0.1, -0.05) is 6.07 Å². The molecule has 0 spiro atoms. The van der Waals surface area contributed by atoms with Crippen LogP contribution in [0.3, 0.4) is 0 Å². The molecule has 2 aromatic rings. The van der Waals surface area contributed by atoms with Crippen molar-refractivity contribution >= 4 is 11.6 Å². The summed E-state index contributed by atoms with van der Waals surface area (Å²) in [6, 6.07) is 6.17. The SMILES string of the molecule is CN1CCc2ncc(NC(=O)c3cccc(C(F)(F)F)c3)cc2C1. The number of anilines is 1. The Labute approximate surface area is 137 Å². The van der Waals surface area contributed by atoms with E-state index in [1.54, 1.807) is 0 Å². The largest absolute Gasteiger partial charge is 0.416 e. The predicted octanol–water partition coefficient (Wildman–Crippen LogP) is 3.34. The third kappa shape index (κ3) is 3.56. The summed E-state index contributed by atoms with van der Waals surface area (Å²) in [6.45, 7) is 1.66. The number of halogens is 3. The molecule has 7 heteroatoms. The molecule has 126 valence electrons. The predicted molar refractivity (Wildman–Crippen MR) is 83.7 cm³/mol. The first-order chi connectivity index (χ1) is 11.3. The van der Waals surface area contributed by atoms with Gasteiger partial charge in [0.2, 0.25) is 0 Å². The summed E-state index contributed by atoms with van der Waals surface area (Å²) in [5.41, 5.74) is 1.60. The van der Waals surface area contributed by atoms with Crippen LogP contribution in [0.4, 0.5) is 18.9 Å². The minimum atomic E-state index is -4.48. The Morgan fingerprint density at radius 2 is 2.08 bits per heavy atom. The van der Waals surface area contributed by atoms with Crippen LogP contribution in [-0.4, -0.2) is 29.4 Å². The van der Waals surface area contributed by atoms with Crippen LogP contribution in [0.2, 0.25) is 0 Å². The van der Waals surface area contributed by atoms with Crippen LogP contribution in [0, 0.1) is 0 Å². The van der Waals surface area contributed by atoms with Crippen molar-refractivity contribution in [3.8, 4) is 0 Å². The first-order valence-electron chi connectivity index (χ1n) is 7.48. The van der Waals surface area contributed by atoms with E-state index in [4.69, 9.17) is 0 Å². The third-order valence-corrected chi connectivity index (χ3v) is 3.94. The van der Waals surface area contributed by atoms with Crippen LogP contribution in [0.25, 0.3) is 0 Å². The zero-order valence-electron chi connectivity index (χ0n) is 13.0. The molecule has 0 atom stereocenters. The maximum atomic E-state index is 12.7. The molecule has 3 rings (SSSR count). The fraction of sp³-hybridized carbons (Fsp3) is 0.294. The first kappa shape index (κ1) is 16.4. The van der Waals surface area contributed by atoms with Crippen molar-refractivity contribution in [2.24, 2.45) is 0 Å². The normalized spacial score (nSPS) is 15.0. The molecular weight excluding hydrogens is 319 g/mol. The van der Waals surface area contributed by atoms with Gasteiger partial charge in [-0.2, -0.15) is 13.2 Å². The molecule has 2 heterocycles. The number of nitrogens with zero attached hydrogens (tertiary/aromatic N) is 2. The third-order valence-electron chi connectivity index (χ3n) is 3.94. The lowest BCUT2D eigenvalue weighted by atomic mass is 10.1. The number of amides is 1. The number of rotatable bonds is 2. The number of likely N-dealkylation sites (N-methyl/N-ethyl adjacent to an activating group) is 1. The van der Waals surface area contributed by atoms with Crippen LogP contribution in [0.1, 0.15) is 27.2 Å². The van der Waals surface area contributed by atoms with Gasteiger partial charge >= 0.3 is 6.18 Å². The Morgan fingerprint density at radius 1 is 1.29 bits per heavy atom. The number of nitrogens with one attached hydrogen (secondary N) is 1. The maximum absolute atomic E-state index is 12.7. The molecule has 0 unspecified atom stereocenters. The average Bonchev–Trinajstić information content (AvgIpc) is 2.54. The van der Waals surface area contributed by atoms with Gasteiger partial charge in [-0.05, 0) is 36.9 Å². The second kappa shape index (κ2) is 6.24. The Kier molecular flexibility index (Phi) is 4.28. The van der Waals surface area contributed by atoms with Gasteiger partial charge in [-0.25, -0.2) is 0 Å². The molecule has 1 aliphatic rings. The van der Waals surface area contributed by atoms with Gasteiger partial charge in [0.25, 0.3) is 5.91 Å². The van der Waals surface area contributed by atoms with Crippen molar-refractivity contribution in [2.75, 3.05) is 18.9 Å². The van der Waals surface area contributed by atoms with E-state index in [2.05, 4.69) is 15.2 Å². The van der Waals surface area contributed by atoms with E-state index in [9.17, 15) is 18.0 Å². The van der Waals surface area contributed by atoms with Crippen LogP contribution in [0.15, 0.2) is 36.5 Å². The van der Waals surface area contributed by atoms with Crippen molar-refractivity contribution in [1.82, 2.24) is 9.88 Å². The molecule has 1 aromatic carbocycles. The van der Waals surface area contributed by atoms with E-state index < -0.39 is 17.6 Å². The monoisotopic (exact) mass is 335 g/mol. The topological polar surface area (TPSA) is 45.2 Å². The molecule has 1 aliphatic heterocycles.